The maximum Gasteiger partial charge on any atom is 0.529 e. The molecule has 11 heteroatoms. The highest BCUT2D eigenvalue weighted by atomic mass is 19.4. The van der Waals surface area contributed by atoms with Crippen LogP contribution < -0.4 is 0 Å². The van der Waals surface area contributed by atoms with Crippen molar-refractivity contribution in [2.24, 2.45) is 0 Å². The summed E-state index contributed by atoms with van der Waals surface area (Å²) in [5.74, 6) is -5.11. The van der Waals surface area contributed by atoms with Crippen molar-refractivity contribution in [3.63, 3.8) is 0 Å². The molecule has 0 aliphatic carbocycles. The fourth-order valence-electron chi connectivity index (χ4n) is 0.394. The molecule has 98 valence electrons. The van der Waals surface area contributed by atoms with E-state index in [0.717, 1.165) is 0 Å². The third-order valence-electron chi connectivity index (χ3n) is 0.993. The van der Waals surface area contributed by atoms with E-state index in [1.54, 1.807) is 4.74 Å². The third kappa shape index (κ3) is 4.88. The van der Waals surface area contributed by atoms with Gasteiger partial charge in [0.25, 0.3) is 0 Å². The Morgan fingerprint density at radius 1 is 0.688 bits per heavy atom. The molecule has 0 heterocycles. The van der Waals surface area contributed by atoms with Gasteiger partial charge in [0.05, 0.1) is 0 Å². The lowest BCUT2D eigenvalue weighted by atomic mass is 10.4. The van der Waals surface area contributed by atoms with Gasteiger partial charge in [-0.2, -0.15) is 22.3 Å². The van der Waals surface area contributed by atoms with Crippen LogP contribution >= 0.6 is 0 Å². The summed E-state index contributed by atoms with van der Waals surface area (Å²) in [7, 11) is 0. The van der Waals surface area contributed by atoms with Gasteiger partial charge in [0.15, 0.2) is 0 Å². The van der Waals surface area contributed by atoms with E-state index < -0.39 is 31.6 Å². The molecule has 0 amide bonds. The summed E-state index contributed by atoms with van der Waals surface area (Å²) in [5, 5.41) is 0. The van der Waals surface area contributed by atoms with E-state index in [1.165, 1.54) is 0 Å². The van der Waals surface area contributed by atoms with Gasteiger partial charge >= 0.3 is 24.7 Å². The van der Waals surface area contributed by atoms with Gasteiger partial charge < -0.3 is 0 Å². The average Bonchev–Trinajstić information content (AvgIpc) is 1.72. The number of ether oxygens (including phenoxy) is 2. The highest BCUT2D eigenvalue weighted by Gasteiger charge is 2.62. The molecule has 2 nitrogen and oxygen atoms in total. The minimum atomic E-state index is -6.03. The van der Waals surface area contributed by atoms with Crippen LogP contribution in [0.2, 0.25) is 0 Å². The van der Waals surface area contributed by atoms with Crippen molar-refractivity contribution < 1.29 is 49.0 Å². The van der Waals surface area contributed by atoms with Crippen molar-refractivity contribution in [1.29, 1.82) is 0 Å². The highest BCUT2D eigenvalue weighted by molar-refractivity contribution is 4.71. The Morgan fingerprint density at radius 2 is 1.06 bits per heavy atom. The van der Waals surface area contributed by atoms with Gasteiger partial charge in [-0.1, -0.05) is 0 Å². The molecule has 0 saturated carbocycles. The van der Waals surface area contributed by atoms with Gasteiger partial charge in [-0.15, -0.1) is 22.0 Å². The number of hydrogen-bond donors (Lipinski definition) is 0. The van der Waals surface area contributed by atoms with Crippen LogP contribution in [0.15, 0.2) is 0 Å². The second-order valence-electron chi connectivity index (χ2n) is 2.52. The zero-order valence-corrected chi connectivity index (χ0v) is 7.22. The minimum Gasteiger partial charge on any atom is -0.225 e. The summed E-state index contributed by atoms with van der Waals surface area (Å²) in [6, 6.07) is 0. The maximum absolute atomic E-state index is 12.1. The van der Waals surface area contributed by atoms with Gasteiger partial charge in [0.1, 0.15) is 0 Å². The van der Waals surface area contributed by atoms with Crippen LogP contribution in [0.25, 0.3) is 0 Å². The van der Waals surface area contributed by atoms with E-state index in [9.17, 15) is 39.5 Å². The zero-order valence-electron chi connectivity index (χ0n) is 7.22. The monoisotopic (exact) mass is 266 g/mol. The first-order valence-electron chi connectivity index (χ1n) is 3.27. The Morgan fingerprint density at radius 3 is 1.31 bits per heavy atom. The minimum absolute atomic E-state index is 0.517. The first-order chi connectivity index (χ1) is 6.66. The van der Waals surface area contributed by atoms with Crippen LogP contribution in [0, 0.1) is 0 Å². The Labute approximate surface area is 81.9 Å². The molecule has 0 unspecified atom stereocenters. The first-order valence-corrected chi connectivity index (χ1v) is 3.27. The number of hydrogen-bond acceptors (Lipinski definition) is 2. The highest BCUT2D eigenvalue weighted by Crippen LogP contribution is 2.41. The van der Waals surface area contributed by atoms with Gasteiger partial charge in [-0.25, -0.2) is 4.74 Å². The molecule has 0 saturated heterocycles. The van der Waals surface area contributed by atoms with E-state index in [1.807, 2.05) is 4.74 Å². The van der Waals surface area contributed by atoms with Crippen LogP contribution in [0.1, 0.15) is 6.92 Å². The van der Waals surface area contributed by atoms with Crippen molar-refractivity contribution in [1.82, 2.24) is 0 Å². The van der Waals surface area contributed by atoms with Crippen LogP contribution in [0.4, 0.5) is 39.5 Å². The molecule has 0 N–H and O–H groups in total. The van der Waals surface area contributed by atoms with E-state index in [2.05, 4.69) is 0 Å². The molecule has 0 radical (unpaired) electrons. The molecular formula is C5H3F9O2. The van der Waals surface area contributed by atoms with E-state index in [-0.39, 0.29) is 0 Å². The predicted molar refractivity (Wildman–Crippen MR) is 28.7 cm³/mol. The SMILES string of the molecule is CC(F)(F)C(F)(F)OC(F)(F)OC(F)(F)F. The molecule has 0 aromatic carbocycles. The fourth-order valence-corrected chi connectivity index (χ4v) is 0.394. The van der Waals surface area contributed by atoms with Crippen LogP contribution in [0.3, 0.4) is 0 Å². The van der Waals surface area contributed by atoms with E-state index >= 15 is 0 Å². The summed E-state index contributed by atoms with van der Waals surface area (Å²) >= 11 is 0. The molecule has 0 atom stereocenters. The Balaban J connectivity index is 4.72. The van der Waals surface area contributed by atoms with Crippen LogP contribution in [-0.2, 0) is 9.47 Å². The Kier molecular flexibility index (Phi) is 3.77. The molecule has 0 spiro atoms. The molecule has 0 aromatic heterocycles. The fraction of sp³-hybridized carbons (Fsp3) is 1.00. The van der Waals surface area contributed by atoms with Gasteiger partial charge in [0, 0.05) is 6.92 Å². The van der Waals surface area contributed by atoms with Gasteiger partial charge in [-0.05, 0) is 0 Å². The normalized spacial score (nSPS) is 15.4. The molecule has 0 rings (SSSR count). The van der Waals surface area contributed by atoms with Crippen molar-refractivity contribution >= 4 is 0 Å². The lowest BCUT2D eigenvalue weighted by Gasteiger charge is -2.26. The quantitative estimate of drug-likeness (QED) is 0.574. The maximum atomic E-state index is 12.1. The van der Waals surface area contributed by atoms with Crippen molar-refractivity contribution in [3.8, 4) is 0 Å². The molecule has 0 bridgehead atoms. The van der Waals surface area contributed by atoms with Gasteiger partial charge in [-0.3, -0.25) is 0 Å². The summed E-state index contributed by atoms with van der Waals surface area (Å²) in [6.45, 7) is -0.517. The second kappa shape index (κ2) is 3.95. The first kappa shape index (κ1) is 15.3. The summed E-state index contributed by atoms with van der Waals surface area (Å²) < 4.78 is 109. The Hall–Kier alpha value is -0.710. The number of alkyl halides is 9. The topological polar surface area (TPSA) is 18.5 Å². The van der Waals surface area contributed by atoms with Crippen molar-refractivity contribution in [2.75, 3.05) is 0 Å². The average molecular weight is 266 g/mol. The molecule has 0 aromatic rings. The third-order valence-corrected chi connectivity index (χ3v) is 0.993. The predicted octanol–water partition coefficient (Wildman–Crippen LogP) is 3.34. The molecule has 0 aliphatic heterocycles. The lowest BCUT2D eigenvalue weighted by Crippen LogP contribution is -2.47. The summed E-state index contributed by atoms with van der Waals surface area (Å²) in [6.07, 6.45) is -17.8. The molecule has 16 heavy (non-hydrogen) atoms. The molecule has 0 fully saturated rings. The summed E-state index contributed by atoms with van der Waals surface area (Å²) in [5.41, 5.74) is 0. The van der Waals surface area contributed by atoms with Crippen LogP contribution in [0.5, 0.6) is 0 Å². The smallest absolute Gasteiger partial charge is 0.225 e. The second-order valence-corrected chi connectivity index (χ2v) is 2.52. The lowest BCUT2D eigenvalue weighted by molar-refractivity contribution is -0.548. The Bertz CT molecular complexity index is 239. The van der Waals surface area contributed by atoms with E-state index in [4.69, 9.17) is 0 Å². The number of rotatable bonds is 4. The van der Waals surface area contributed by atoms with Crippen molar-refractivity contribution in [2.45, 2.75) is 31.6 Å². The van der Waals surface area contributed by atoms with Crippen LogP contribution in [-0.4, -0.2) is 24.7 Å². The van der Waals surface area contributed by atoms with Crippen molar-refractivity contribution in [3.05, 3.63) is 0 Å². The molecule has 0 aliphatic rings. The van der Waals surface area contributed by atoms with E-state index in [0.29, 0.717) is 0 Å². The largest absolute Gasteiger partial charge is 0.529 e. The van der Waals surface area contributed by atoms with Gasteiger partial charge in [0.2, 0.25) is 0 Å². The molecular weight excluding hydrogens is 263 g/mol. The zero-order chi connectivity index (χ0) is 13.4. The standard InChI is InChI=1S/C5H3F9O2/c1-2(6,7)3(8,9)15-5(13,14)16-4(10,11)12/h1H3. The summed E-state index contributed by atoms with van der Waals surface area (Å²) in [4.78, 5) is 0. The number of halogens is 9.